The van der Waals surface area contributed by atoms with Crippen molar-refractivity contribution in [3.05, 3.63) is 41.7 Å². The minimum absolute atomic E-state index is 0.186. The Morgan fingerprint density at radius 2 is 1.95 bits per heavy atom. The van der Waals surface area contributed by atoms with Gasteiger partial charge in [-0.15, -0.1) is 0 Å². The predicted molar refractivity (Wildman–Crippen MR) is 63.8 cm³/mol. The third kappa shape index (κ3) is 2.53. The number of aromatic nitrogens is 2. The highest BCUT2D eigenvalue weighted by Crippen LogP contribution is 2.36. The largest absolute Gasteiger partial charge is 0.478 e. The van der Waals surface area contributed by atoms with Crippen LogP contribution in [0.3, 0.4) is 0 Å². The van der Waals surface area contributed by atoms with Crippen molar-refractivity contribution in [1.82, 2.24) is 9.97 Å². The van der Waals surface area contributed by atoms with Gasteiger partial charge in [0.2, 0.25) is 0 Å². The van der Waals surface area contributed by atoms with E-state index in [0.29, 0.717) is 0 Å². The fourth-order valence-corrected chi connectivity index (χ4v) is 1.62. The van der Waals surface area contributed by atoms with Gasteiger partial charge in [-0.05, 0) is 18.2 Å². The third-order valence-electron chi connectivity index (χ3n) is 2.50. The van der Waals surface area contributed by atoms with Gasteiger partial charge in [0.25, 0.3) is 0 Å². The maximum absolute atomic E-state index is 12.9. The molecule has 0 aliphatic carbocycles. The molecule has 2 rings (SSSR count). The zero-order valence-corrected chi connectivity index (χ0v) is 9.85. The first-order valence-electron chi connectivity index (χ1n) is 5.32. The number of alkyl halides is 3. The second-order valence-electron chi connectivity index (χ2n) is 3.86. The molecule has 0 unspecified atom stereocenters. The number of aromatic carboxylic acids is 1. The summed E-state index contributed by atoms with van der Waals surface area (Å²) < 4.78 is 38.6. The summed E-state index contributed by atoms with van der Waals surface area (Å²) in [7, 11) is 0. The molecule has 0 aromatic carbocycles. The van der Waals surface area contributed by atoms with Gasteiger partial charge in [0.05, 0.1) is 16.8 Å². The van der Waals surface area contributed by atoms with Gasteiger partial charge in [-0.3, -0.25) is 9.97 Å². The molecule has 2 aromatic heterocycles. The Balaban J connectivity index is 2.61. The summed E-state index contributed by atoms with van der Waals surface area (Å²) in [5.41, 5.74) is 3.55. The highest BCUT2D eigenvalue weighted by molar-refractivity contribution is 5.89. The van der Waals surface area contributed by atoms with Gasteiger partial charge >= 0.3 is 12.1 Å². The summed E-state index contributed by atoms with van der Waals surface area (Å²) in [5.74, 6) is -1.27. The average molecular weight is 283 g/mol. The van der Waals surface area contributed by atoms with Crippen LogP contribution in [0, 0.1) is 0 Å². The summed E-state index contributed by atoms with van der Waals surface area (Å²) in [5, 5.41) is 8.76. The molecule has 0 bridgehead atoms. The van der Waals surface area contributed by atoms with Crippen molar-refractivity contribution in [3.8, 4) is 11.4 Å². The molecule has 104 valence electrons. The number of carboxylic acids is 1. The molecule has 0 saturated heterocycles. The molecule has 20 heavy (non-hydrogen) atoms. The van der Waals surface area contributed by atoms with Crippen LogP contribution < -0.4 is 5.73 Å². The Morgan fingerprint density at radius 1 is 1.25 bits per heavy atom. The van der Waals surface area contributed by atoms with Gasteiger partial charge in [0, 0.05) is 12.4 Å². The standard InChI is InChI=1S/C12H8F3N3O2/c13-12(14,15)7-2-1-3-17-9(7)10-8(16)4-6(5-18-10)11(19)20/h1-5H,16H2,(H,19,20). The summed E-state index contributed by atoms with van der Waals surface area (Å²) in [6.45, 7) is 0. The number of carboxylic acid groups (broad SMARTS) is 1. The van der Waals surface area contributed by atoms with Gasteiger partial charge in [-0.2, -0.15) is 13.2 Å². The molecule has 0 amide bonds. The van der Waals surface area contributed by atoms with Crippen LogP contribution in [0.4, 0.5) is 18.9 Å². The lowest BCUT2D eigenvalue weighted by Crippen LogP contribution is -2.10. The smallest absolute Gasteiger partial charge is 0.418 e. The molecular formula is C12H8F3N3O2. The van der Waals surface area contributed by atoms with Crippen LogP contribution in [-0.2, 0) is 6.18 Å². The Morgan fingerprint density at radius 3 is 2.50 bits per heavy atom. The van der Waals surface area contributed by atoms with Crippen LogP contribution in [0.5, 0.6) is 0 Å². The second kappa shape index (κ2) is 4.80. The van der Waals surface area contributed by atoms with E-state index in [-0.39, 0.29) is 16.9 Å². The molecule has 0 fully saturated rings. The molecule has 0 spiro atoms. The Hall–Kier alpha value is -2.64. The Bertz CT molecular complexity index is 671. The van der Waals surface area contributed by atoms with Crippen molar-refractivity contribution in [1.29, 1.82) is 0 Å². The number of halogens is 3. The van der Waals surface area contributed by atoms with E-state index in [2.05, 4.69) is 9.97 Å². The van der Waals surface area contributed by atoms with Crippen molar-refractivity contribution >= 4 is 11.7 Å². The highest BCUT2D eigenvalue weighted by atomic mass is 19.4. The number of pyridine rings is 2. The van der Waals surface area contributed by atoms with Gasteiger partial charge in [-0.1, -0.05) is 0 Å². The van der Waals surface area contributed by atoms with Crippen LogP contribution in [0.1, 0.15) is 15.9 Å². The Labute approximate surface area is 110 Å². The van der Waals surface area contributed by atoms with Gasteiger partial charge in [-0.25, -0.2) is 4.79 Å². The number of nitrogens with zero attached hydrogens (tertiary/aromatic N) is 2. The molecule has 5 nitrogen and oxygen atoms in total. The number of rotatable bonds is 2. The lowest BCUT2D eigenvalue weighted by molar-refractivity contribution is -0.137. The SMILES string of the molecule is Nc1cc(C(=O)O)cnc1-c1ncccc1C(F)(F)F. The first-order chi connectivity index (χ1) is 9.30. The van der Waals surface area contributed by atoms with Crippen molar-refractivity contribution in [2.75, 3.05) is 5.73 Å². The van der Waals surface area contributed by atoms with E-state index in [0.717, 1.165) is 24.4 Å². The van der Waals surface area contributed by atoms with E-state index < -0.39 is 23.4 Å². The van der Waals surface area contributed by atoms with E-state index in [1.54, 1.807) is 0 Å². The van der Waals surface area contributed by atoms with Crippen LogP contribution in [-0.4, -0.2) is 21.0 Å². The zero-order valence-electron chi connectivity index (χ0n) is 9.85. The molecule has 2 aromatic rings. The summed E-state index contributed by atoms with van der Waals surface area (Å²) in [6, 6.07) is 3.04. The lowest BCUT2D eigenvalue weighted by Gasteiger charge is -2.12. The maximum atomic E-state index is 12.9. The van der Waals surface area contributed by atoms with Crippen LogP contribution >= 0.6 is 0 Å². The van der Waals surface area contributed by atoms with E-state index in [9.17, 15) is 18.0 Å². The fourth-order valence-electron chi connectivity index (χ4n) is 1.62. The van der Waals surface area contributed by atoms with Crippen LogP contribution in [0.2, 0.25) is 0 Å². The van der Waals surface area contributed by atoms with Gasteiger partial charge < -0.3 is 10.8 Å². The average Bonchev–Trinajstić information content (AvgIpc) is 2.37. The predicted octanol–water partition coefficient (Wildman–Crippen LogP) is 2.44. The number of nitrogens with two attached hydrogens (primary N) is 1. The van der Waals surface area contributed by atoms with E-state index in [4.69, 9.17) is 10.8 Å². The molecule has 0 atom stereocenters. The topological polar surface area (TPSA) is 89.1 Å². The van der Waals surface area contributed by atoms with E-state index in [1.807, 2.05) is 0 Å². The number of anilines is 1. The fraction of sp³-hybridized carbons (Fsp3) is 0.0833. The summed E-state index contributed by atoms with van der Waals surface area (Å²) in [6.07, 6.45) is -2.50. The number of hydrogen-bond acceptors (Lipinski definition) is 4. The molecule has 0 saturated carbocycles. The van der Waals surface area contributed by atoms with Gasteiger partial charge in [0.15, 0.2) is 0 Å². The van der Waals surface area contributed by atoms with Crippen molar-refractivity contribution < 1.29 is 23.1 Å². The Kier molecular flexibility index (Phi) is 3.31. The maximum Gasteiger partial charge on any atom is 0.418 e. The normalized spacial score (nSPS) is 11.3. The molecule has 0 radical (unpaired) electrons. The molecule has 2 heterocycles. The van der Waals surface area contributed by atoms with E-state index >= 15 is 0 Å². The summed E-state index contributed by atoms with van der Waals surface area (Å²) in [4.78, 5) is 18.1. The van der Waals surface area contributed by atoms with Crippen molar-refractivity contribution in [3.63, 3.8) is 0 Å². The number of nitrogen functional groups attached to an aromatic ring is 1. The number of carbonyl (C=O) groups is 1. The molecule has 3 N–H and O–H groups in total. The molecule has 0 aliphatic heterocycles. The highest BCUT2D eigenvalue weighted by Gasteiger charge is 2.35. The zero-order chi connectivity index (χ0) is 14.9. The lowest BCUT2D eigenvalue weighted by atomic mass is 10.1. The first kappa shape index (κ1) is 13.8. The minimum atomic E-state index is -4.61. The first-order valence-corrected chi connectivity index (χ1v) is 5.32. The quantitative estimate of drug-likeness (QED) is 0.883. The summed E-state index contributed by atoms with van der Waals surface area (Å²) >= 11 is 0. The minimum Gasteiger partial charge on any atom is -0.478 e. The van der Waals surface area contributed by atoms with Crippen molar-refractivity contribution in [2.45, 2.75) is 6.18 Å². The third-order valence-corrected chi connectivity index (χ3v) is 2.50. The monoisotopic (exact) mass is 283 g/mol. The second-order valence-corrected chi connectivity index (χ2v) is 3.86. The van der Waals surface area contributed by atoms with Crippen molar-refractivity contribution in [2.24, 2.45) is 0 Å². The number of hydrogen-bond donors (Lipinski definition) is 2. The molecular weight excluding hydrogens is 275 g/mol. The molecule has 8 heteroatoms. The molecule has 0 aliphatic rings. The van der Waals surface area contributed by atoms with E-state index in [1.165, 1.54) is 6.20 Å². The van der Waals surface area contributed by atoms with Gasteiger partial charge in [0.1, 0.15) is 11.4 Å². The van der Waals surface area contributed by atoms with Crippen LogP contribution in [0.25, 0.3) is 11.4 Å². The van der Waals surface area contributed by atoms with Crippen LogP contribution in [0.15, 0.2) is 30.6 Å².